The van der Waals surface area contributed by atoms with E-state index in [0.717, 1.165) is 31.2 Å². The van der Waals surface area contributed by atoms with Crippen LogP contribution in [-0.4, -0.2) is 16.6 Å². The molecule has 1 fully saturated rings. The van der Waals surface area contributed by atoms with Gasteiger partial charge in [0.25, 0.3) is 0 Å². The van der Waals surface area contributed by atoms with Gasteiger partial charge < -0.3 is 10.8 Å². The molecule has 0 bridgehead atoms. The number of carboxylic acids is 1. The van der Waals surface area contributed by atoms with Gasteiger partial charge in [-0.15, -0.1) is 0 Å². The standard InChI is InChI=1S/C14H19NO2/c15-14(13(16)17)10-6-2-5-9-12(14)11-7-3-1-4-8-11/h1,3-4,7-8,12H,2,5-6,9-10,15H2,(H,16,17)/t12-,14+/m0/s1. The molecule has 2 atom stereocenters. The van der Waals surface area contributed by atoms with Crippen molar-refractivity contribution >= 4 is 5.97 Å². The lowest BCUT2D eigenvalue weighted by molar-refractivity contribution is -0.144. The Balaban J connectivity index is 2.36. The minimum absolute atomic E-state index is 0.0660. The number of hydrogen-bond acceptors (Lipinski definition) is 2. The molecule has 0 aliphatic heterocycles. The number of benzene rings is 1. The summed E-state index contributed by atoms with van der Waals surface area (Å²) in [6, 6.07) is 9.81. The molecule has 2 rings (SSSR count). The quantitative estimate of drug-likeness (QED) is 0.771. The summed E-state index contributed by atoms with van der Waals surface area (Å²) in [5.41, 5.74) is 6.13. The molecule has 1 aliphatic rings. The zero-order chi connectivity index (χ0) is 12.3. The topological polar surface area (TPSA) is 63.3 Å². The van der Waals surface area contributed by atoms with Crippen LogP contribution in [0.2, 0.25) is 0 Å². The molecule has 3 N–H and O–H groups in total. The number of rotatable bonds is 2. The third-order valence-corrected chi connectivity index (χ3v) is 3.81. The third kappa shape index (κ3) is 2.34. The Morgan fingerprint density at radius 3 is 2.59 bits per heavy atom. The van der Waals surface area contributed by atoms with E-state index in [0.29, 0.717) is 6.42 Å². The van der Waals surface area contributed by atoms with Gasteiger partial charge in [-0.1, -0.05) is 49.6 Å². The molecule has 3 heteroatoms. The van der Waals surface area contributed by atoms with Crippen LogP contribution in [0.15, 0.2) is 30.3 Å². The summed E-state index contributed by atoms with van der Waals surface area (Å²) in [4.78, 5) is 11.5. The first-order valence-corrected chi connectivity index (χ1v) is 6.22. The SMILES string of the molecule is N[C@]1(C(=O)O)CCCCC[C@H]1c1ccccc1. The van der Waals surface area contributed by atoms with Gasteiger partial charge in [0, 0.05) is 5.92 Å². The minimum Gasteiger partial charge on any atom is -0.480 e. The lowest BCUT2D eigenvalue weighted by Gasteiger charge is -2.32. The molecule has 92 valence electrons. The maximum Gasteiger partial charge on any atom is 0.324 e. The van der Waals surface area contributed by atoms with Gasteiger partial charge in [-0.05, 0) is 18.4 Å². The number of nitrogens with two attached hydrogens (primary N) is 1. The Labute approximate surface area is 102 Å². The average Bonchev–Trinajstić information content (AvgIpc) is 2.53. The van der Waals surface area contributed by atoms with E-state index in [-0.39, 0.29) is 5.92 Å². The lowest BCUT2D eigenvalue weighted by Crippen LogP contribution is -2.52. The second-order valence-corrected chi connectivity index (χ2v) is 4.91. The highest BCUT2D eigenvalue weighted by atomic mass is 16.4. The molecule has 0 spiro atoms. The molecule has 0 heterocycles. The Morgan fingerprint density at radius 2 is 1.94 bits per heavy atom. The molecule has 0 aromatic heterocycles. The molecule has 0 amide bonds. The van der Waals surface area contributed by atoms with Crippen LogP contribution in [0.4, 0.5) is 0 Å². The van der Waals surface area contributed by atoms with Crippen LogP contribution in [0.5, 0.6) is 0 Å². The first-order valence-electron chi connectivity index (χ1n) is 6.22. The van der Waals surface area contributed by atoms with E-state index >= 15 is 0 Å². The van der Waals surface area contributed by atoms with Crippen LogP contribution in [0.25, 0.3) is 0 Å². The fourth-order valence-corrected chi connectivity index (χ4v) is 2.78. The molecule has 17 heavy (non-hydrogen) atoms. The number of hydrogen-bond donors (Lipinski definition) is 2. The second kappa shape index (κ2) is 4.88. The highest BCUT2D eigenvalue weighted by Crippen LogP contribution is 2.38. The van der Waals surface area contributed by atoms with Crippen molar-refractivity contribution in [3.63, 3.8) is 0 Å². The number of aliphatic carboxylic acids is 1. The maximum atomic E-state index is 11.5. The Bertz CT molecular complexity index is 390. The van der Waals surface area contributed by atoms with Crippen molar-refractivity contribution in [3.8, 4) is 0 Å². The van der Waals surface area contributed by atoms with Crippen LogP contribution in [0, 0.1) is 0 Å². The average molecular weight is 233 g/mol. The minimum atomic E-state index is -1.10. The van der Waals surface area contributed by atoms with Crippen molar-refractivity contribution in [2.75, 3.05) is 0 Å². The monoisotopic (exact) mass is 233 g/mol. The van der Waals surface area contributed by atoms with Crippen molar-refractivity contribution in [1.82, 2.24) is 0 Å². The van der Waals surface area contributed by atoms with E-state index in [1.807, 2.05) is 30.3 Å². The molecule has 1 aromatic carbocycles. The maximum absolute atomic E-state index is 11.5. The van der Waals surface area contributed by atoms with Crippen molar-refractivity contribution in [1.29, 1.82) is 0 Å². The van der Waals surface area contributed by atoms with E-state index in [2.05, 4.69) is 0 Å². The zero-order valence-corrected chi connectivity index (χ0v) is 9.93. The van der Waals surface area contributed by atoms with Crippen LogP contribution in [-0.2, 0) is 4.79 Å². The molecule has 0 unspecified atom stereocenters. The summed E-state index contributed by atoms with van der Waals surface area (Å²) >= 11 is 0. The Hall–Kier alpha value is -1.35. The van der Waals surface area contributed by atoms with Gasteiger partial charge in [0.2, 0.25) is 0 Å². The number of carboxylic acid groups (broad SMARTS) is 1. The van der Waals surface area contributed by atoms with Gasteiger partial charge in [-0.2, -0.15) is 0 Å². The molecule has 1 aliphatic carbocycles. The molecule has 1 aromatic rings. The summed E-state index contributed by atoms with van der Waals surface area (Å²) in [6.45, 7) is 0. The van der Waals surface area contributed by atoms with Gasteiger partial charge in [-0.25, -0.2) is 0 Å². The van der Waals surface area contributed by atoms with Crippen molar-refractivity contribution < 1.29 is 9.90 Å². The summed E-state index contributed by atoms with van der Waals surface area (Å²) in [6.07, 6.45) is 4.49. The van der Waals surface area contributed by atoms with Gasteiger partial charge in [0.05, 0.1) is 0 Å². The third-order valence-electron chi connectivity index (χ3n) is 3.81. The second-order valence-electron chi connectivity index (χ2n) is 4.91. The highest BCUT2D eigenvalue weighted by Gasteiger charge is 2.43. The van der Waals surface area contributed by atoms with Gasteiger partial charge >= 0.3 is 5.97 Å². The van der Waals surface area contributed by atoms with Crippen LogP contribution in [0.3, 0.4) is 0 Å². The first-order chi connectivity index (χ1) is 8.14. The largest absolute Gasteiger partial charge is 0.480 e. The van der Waals surface area contributed by atoms with Crippen molar-refractivity contribution in [2.45, 2.75) is 43.6 Å². The normalized spacial score (nSPS) is 29.6. The molecular weight excluding hydrogens is 214 g/mol. The van der Waals surface area contributed by atoms with Crippen molar-refractivity contribution in [3.05, 3.63) is 35.9 Å². The summed E-state index contributed by atoms with van der Waals surface area (Å²) < 4.78 is 0. The van der Waals surface area contributed by atoms with E-state index in [9.17, 15) is 9.90 Å². The van der Waals surface area contributed by atoms with Gasteiger partial charge in [0.1, 0.15) is 5.54 Å². The summed E-state index contributed by atoms with van der Waals surface area (Å²) in [5.74, 6) is -0.933. The molecule has 0 radical (unpaired) electrons. The molecule has 0 saturated heterocycles. The molecular formula is C14H19NO2. The molecule has 3 nitrogen and oxygen atoms in total. The summed E-state index contributed by atoms with van der Waals surface area (Å²) in [5, 5.41) is 9.43. The van der Waals surface area contributed by atoms with Crippen LogP contribution >= 0.6 is 0 Å². The zero-order valence-electron chi connectivity index (χ0n) is 9.93. The van der Waals surface area contributed by atoms with Crippen LogP contribution < -0.4 is 5.73 Å². The van der Waals surface area contributed by atoms with Crippen LogP contribution in [0.1, 0.15) is 43.6 Å². The fourth-order valence-electron chi connectivity index (χ4n) is 2.78. The lowest BCUT2D eigenvalue weighted by atomic mass is 9.76. The Morgan fingerprint density at radius 1 is 1.24 bits per heavy atom. The predicted molar refractivity (Wildman–Crippen MR) is 66.8 cm³/mol. The van der Waals surface area contributed by atoms with Gasteiger partial charge in [-0.3, -0.25) is 4.79 Å². The van der Waals surface area contributed by atoms with E-state index in [4.69, 9.17) is 5.73 Å². The molecule has 1 saturated carbocycles. The van der Waals surface area contributed by atoms with Crippen molar-refractivity contribution in [2.24, 2.45) is 5.73 Å². The van der Waals surface area contributed by atoms with Gasteiger partial charge in [0.15, 0.2) is 0 Å². The van der Waals surface area contributed by atoms with E-state index < -0.39 is 11.5 Å². The smallest absolute Gasteiger partial charge is 0.324 e. The highest BCUT2D eigenvalue weighted by molar-refractivity contribution is 5.80. The fraction of sp³-hybridized carbons (Fsp3) is 0.500. The Kier molecular flexibility index (Phi) is 3.48. The predicted octanol–water partition coefficient (Wildman–Crippen LogP) is 2.52. The first kappa shape index (κ1) is 12.1. The van der Waals surface area contributed by atoms with E-state index in [1.165, 1.54) is 0 Å². The number of carbonyl (C=O) groups is 1. The summed E-state index contributed by atoms with van der Waals surface area (Å²) in [7, 11) is 0. The van der Waals surface area contributed by atoms with E-state index in [1.54, 1.807) is 0 Å².